The lowest BCUT2D eigenvalue weighted by atomic mass is 10.4. The lowest BCUT2D eigenvalue weighted by molar-refractivity contribution is 0.634. The highest BCUT2D eigenvalue weighted by atomic mass is 79.9. The minimum Gasteiger partial charge on any atom is -0.394 e. The van der Waals surface area contributed by atoms with Gasteiger partial charge in [0.25, 0.3) is 11.1 Å². The number of nitrogens with one attached hydrogen (secondary N) is 1. The zero-order valence-electron chi connectivity index (χ0n) is 18.4. The first-order valence-electron chi connectivity index (χ1n) is 10.8. The minimum atomic E-state index is -0.306. The Labute approximate surface area is 218 Å². The van der Waals surface area contributed by atoms with Crippen molar-refractivity contribution in [3.8, 4) is 5.82 Å². The van der Waals surface area contributed by atoms with Crippen molar-refractivity contribution >= 4 is 50.5 Å². The first kappa shape index (κ1) is 25.1. The topological polar surface area (TPSA) is 143 Å². The molecule has 0 unspecified atom stereocenters. The molecule has 13 heteroatoms. The Balaban J connectivity index is 0.000000136. The fraction of sp³-hybridized carbons (Fsp3) is 0.273. The molecule has 0 spiro atoms. The minimum absolute atomic E-state index is 0.124. The first-order chi connectivity index (χ1) is 16.7. The van der Waals surface area contributed by atoms with Crippen LogP contribution in [0.1, 0.15) is 37.8 Å². The molecule has 4 heterocycles. The molecule has 0 aliphatic heterocycles. The summed E-state index contributed by atoms with van der Waals surface area (Å²) in [5, 5.41) is 9.41. The van der Waals surface area contributed by atoms with Crippen LogP contribution in [0, 0.1) is 0 Å². The Hall–Kier alpha value is -3.02. The van der Waals surface area contributed by atoms with Gasteiger partial charge in [0.05, 0.1) is 33.5 Å². The second-order valence-electron chi connectivity index (χ2n) is 8.13. The number of pyridine rings is 2. The zero-order valence-corrected chi connectivity index (χ0v) is 21.5. The lowest BCUT2D eigenvalue weighted by Crippen LogP contribution is -2.21. The SMILES string of the molecule is Brc1ccn(C2CC2)n1.Nc1cc(Cl)c[nH]c1=O.Nc1cc(Cl)cn(-c2ccn(C3CC3)n2)c1=O. The van der Waals surface area contributed by atoms with E-state index in [2.05, 4.69) is 31.1 Å². The number of aromatic amines is 1. The summed E-state index contributed by atoms with van der Waals surface area (Å²) in [5.41, 5.74) is 10.4. The van der Waals surface area contributed by atoms with Crippen LogP contribution in [0.25, 0.3) is 5.82 Å². The molecule has 0 bridgehead atoms. The average Bonchev–Trinajstić information content (AvgIpc) is 3.76. The van der Waals surface area contributed by atoms with E-state index in [1.54, 1.807) is 6.07 Å². The fourth-order valence-electron chi connectivity index (χ4n) is 3.07. The third-order valence-electron chi connectivity index (χ3n) is 5.17. The highest BCUT2D eigenvalue weighted by molar-refractivity contribution is 9.10. The number of aromatic nitrogens is 6. The summed E-state index contributed by atoms with van der Waals surface area (Å²) in [7, 11) is 0. The first-order valence-corrected chi connectivity index (χ1v) is 12.3. The number of halogens is 3. The molecule has 4 aromatic rings. The molecular formula is C22H23BrCl2N8O2. The van der Waals surface area contributed by atoms with Crippen LogP contribution in [0.15, 0.2) is 63.2 Å². The van der Waals surface area contributed by atoms with Crippen molar-refractivity contribution < 1.29 is 0 Å². The van der Waals surface area contributed by atoms with E-state index in [0.29, 0.717) is 27.9 Å². The summed E-state index contributed by atoms with van der Waals surface area (Å²) in [6.45, 7) is 0. The summed E-state index contributed by atoms with van der Waals surface area (Å²) in [5.74, 6) is 0.552. The Kier molecular flexibility index (Phi) is 7.68. The van der Waals surface area contributed by atoms with E-state index < -0.39 is 0 Å². The van der Waals surface area contributed by atoms with E-state index >= 15 is 0 Å². The highest BCUT2D eigenvalue weighted by Gasteiger charge is 2.25. The van der Waals surface area contributed by atoms with Crippen LogP contribution < -0.4 is 22.6 Å². The number of anilines is 2. The fourth-order valence-corrected chi connectivity index (χ4v) is 3.76. The van der Waals surface area contributed by atoms with Crippen molar-refractivity contribution in [1.82, 2.24) is 29.1 Å². The van der Waals surface area contributed by atoms with Gasteiger partial charge < -0.3 is 16.5 Å². The molecule has 2 aliphatic carbocycles. The Bertz CT molecular complexity index is 1440. The third kappa shape index (κ3) is 6.77. The molecular weight excluding hydrogens is 559 g/mol. The van der Waals surface area contributed by atoms with E-state index in [0.717, 1.165) is 17.4 Å². The standard InChI is InChI=1S/C11H11ClN4O.C6H7BrN2.C5H5ClN2O/c12-7-5-9(13)11(17)15(6-7)10-3-4-16(14-10)8-1-2-8;7-6-3-4-9(8-6)5-1-2-5;6-3-1-4(7)5(9)8-2-3/h3-6,8H,1-2,13H2;3-5H,1-2H2;1-2H,7H2,(H,8,9). The van der Waals surface area contributed by atoms with Crippen LogP contribution in [-0.4, -0.2) is 29.1 Å². The van der Waals surface area contributed by atoms with Crippen molar-refractivity contribution in [1.29, 1.82) is 0 Å². The Morgan fingerprint density at radius 3 is 2.06 bits per heavy atom. The van der Waals surface area contributed by atoms with Crippen LogP contribution in [0.5, 0.6) is 0 Å². The summed E-state index contributed by atoms with van der Waals surface area (Å²) in [6.07, 6.45) is 11.7. The molecule has 0 atom stereocenters. The maximum absolute atomic E-state index is 11.8. The van der Waals surface area contributed by atoms with Crippen molar-refractivity contribution in [2.24, 2.45) is 0 Å². The van der Waals surface area contributed by atoms with E-state index in [4.69, 9.17) is 34.7 Å². The number of nitrogen functional groups attached to an aromatic ring is 2. The van der Waals surface area contributed by atoms with Crippen molar-refractivity contribution in [2.75, 3.05) is 11.5 Å². The van der Waals surface area contributed by atoms with Crippen LogP contribution >= 0.6 is 39.1 Å². The lowest BCUT2D eigenvalue weighted by Gasteiger charge is -2.03. The molecule has 6 rings (SSSR count). The maximum atomic E-state index is 11.8. The number of hydrogen-bond donors (Lipinski definition) is 3. The molecule has 35 heavy (non-hydrogen) atoms. The molecule has 2 aliphatic rings. The number of nitrogens with zero attached hydrogens (tertiary/aromatic N) is 5. The van der Waals surface area contributed by atoms with Gasteiger partial charge in [-0.2, -0.15) is 10.2 Å². The maximum Gasteiger partial charge on any atom is 0.279 e. The number of hydrogen-bond acceptors (Lipinski definition) is 6. The van der Waals surface area contributed by atoms with Gasteiger partial charge in [-0.05, 0) is 59.8 Å². The van der Waals surface area contributed by atoms with Gasteiger partial charge in [-0.1, -0.05) is 23.2 Å². The Morgan fingerprint density at radius 2 is 1.51 bits per heavy atom. The van der Waals surface area contributed by atoms with Gasteiger partial charge in [-0.25, -0.2) is 0 Å². The molecule has 2 saturated carbocycles. The number of rotatable bonds is 3. The second kappa shape index (κ2) is 10.7. The number of nitrogens with two attached hydrogens (primary N) is 2. The van der Waals surface area contributed by atoms with Crippen LogP contribution in [0.2, 0.25) is 10.0 Å². The summed E-state index contributed by atoms with van der Waals surface area (Å²) in [4.78, 5) is 24.7. The molecule has 2 fully saturated rings. The van der Waals surface area contributed by atoms with Gasteiger partial charge in [0, 0.05) is 30.9 Å². The van der Waals surface area contributed by atoms with Crippen LogP contribution in [0.3, 0.4) is 0 Å². The molecule has 0 radical (unpaired) electrons. The third-order valence-corrected chi connectivity index (χ3v) is 6.02. The van der Waals surface area contributed by atoms with Crippen molar-refractivity contribution in [3.63, 3.8) is 0 Å². The van der Waals surface area contributed by atoms with Gasteiger partial charge in [-0.3, -0.25) is 23.5 Å². The largest absolute Gasteiger partial charge is 0.394 e. The van der Waals surface area contributed by atoms with Gasteiger partial charge in [0.2, 0.25) is 0 Å². The summed E-state index contributed by atoms with van der Waals surface area (Å²) >= 11 is 14.6. The molecule has 0 amide bonds. The zero-order chi connectivity index (χ0) is 25.1. The second-order valence-corrected chi connectivity index (χ2v) is 9.81. The van der Waals surface area contributed by atoms with E-state index in [9.17, 15) is 9.59 Å². The summed E-state index contributed by atoms with van der Waals surface area (Å²) < 4.78 is 6.20. The Morgan fingerprint density at radius 1 is 0.914 bits per heavy atom. The van der Waals surface area contributed by atoms with E-state index in [-0.39, 0.29) is 22.5 Å². The number of H-pyrrole nitrogens is 1. The molecule has 0 saturated heterocycles. The molecule has 5 N–H and O–H groups in total. The smallest absolute Gasteiger partial charge is 0.279 e. The van der Waals surface area contributed by atoms with Crippen molar-refractivity contribution in [2.45, 2.75) is 37.8 Å². The van der Waals surface area contributed by atoms with Gasteiger partial charge in [-0.15, -0.1) is 0 Å². The average molecular weight is 582 g/mol. The van der Waals surface area contributed by atoms with Gasteiger partial charge in [0.15, 0.2) is 5.82 Å². The molecule has 184 valence electrons. The van der Waals surface area contributed by atoms with E-state index in [1.165, 1.54) is 41.9 Å². The van der Waals surface area contributed by atoms with E-state index in [1.807, 2.05) is 27.8 Å². The van der Waals surface area contributed by atoms with Gasteiger partial charge in [0.1, 0.15) is 4.60 Å². The molecule has 4 aromatic heterocycles. The normalized spacial score (nSPS) is 14.5. The monoisotopic (exact) mass is 580 g/mol. The van der Waals surface area contributed by atoms with Crippen molar-refractivity contribution in [3.05, 3.63) is 84.4 Å². The molecule has 10 nitrogen and oxygen atoms in total. The van der Waals surface area contributed by atoms with Gasteiger partial charge >= 0.3 is 0 Å². The highest BCUT2D eigenvalue weighted by Crippen LogP contribution is 2.34. The van der Waals surface area contributed by atoms with Crippen LogP contribution in [-0.2, 0) is 0 Å². The predicted octanol–water partition coefficient (Wildman–Crippen LogP) is 4.20. The summed E-state index contributed by atoms with van der Waals surface area (Å²) in [6, 6.07) is 7.79. The molecule has 0 aromatic carbocycles. The van der Waals surface area contributed by atoms with Crippen LogP contribution in [0.4, 0.5) is 11.4 Å². The predicted molar refractivity (Wildman–Crippen MR) is 140 cm³/mol. The quantitative estimate of drug-likeness (QED) is 0.331.